The average molecular weight is 643 g/mol. The molecule has 0 saturated carbocycles. The minimum atomic E-state index is 0.540. The molecule has 0 radical (unpaired) electrons. The molecule has 0 bridgehead atoms. The van der Waals surface area contributed by atoms with Crippen LogP contribution in [0.4, 0.5) is 0 Å². The fraction of sp³-hybridized carbons (Fsp3) is 0.200. The molecule has 7 aromatic carbocycles. The maximum absolute atomic E-state index is 6.13. The van der Waals surface area contributed by atoms with E-state index in [-0.39, 0.29) is 0 Å². The molecule has 0 spiro atoms. The van der Waals surface area contributed by atoms with Crippen LogP contribution in [0.15, 0.2) is 54.6 Å². The van der Waals surface area contributed by atoms with Crippen molar-refractivity contribution in [3.8, 4) is 58.3 Å². The molecule has 0 aliphatic rings. The van der Waals surface area contributed by atoms with Gasteiger partial charge >= 0.3 is 0 Å². The van der Waals surface area contributed by atoms with Crippen molar-refractivity contribution in [1.82, 2.24) is 0 Å². The van der Waals surface area contributed by atoms with Crippen molar-refractivity contribution in [2.24, 2.45) is 0 Å². The Balaban J connectivity index is 1.98. The highest BCUT2D eigenvalue weighted by Crippen LogP contribution is 2.55. The second kappa shape index (κ2) is 11.7. The Labute approximate surface area is 277 Å². The van der Waals surface area contributed by atoms with E-state index in [2.05, 4.69) is 5.92 Å². The molecular formula is C40H34O8. The van der Waals surface area contributed by atoms with Crippen LogP contribution in [-0.2, 0) is 0 Å². The quantitative estimate of drug-likeness (QED) is 0.120. The normalized spacial score (nSPS) is 11.3. The van der Waals surface area contributed by atoms with E-state index in [1.807, 2.05) is 54.6 Å². The van der Waals surface area contributed by atoms with Gasteiger partial charge in [0.2, 0.25) is 0 Å². The number of terminal acetylenes is 1. The third kappa shape index (κ3) is 4.04. The Morgan fingerprint density at radius 2 is 0.750 bits per heavy atom. The van der Waals surface area contributed by atoms with E-state index in [0.29, 0.717) is 51.6 Å². The van der Waals surface area contributed by atoms with Gasteiger partial charge in [-0.3, -0.25) is 0 Å². The maximum atomic E-state index is 6.13. The Morgan fingerprint density at radius 3 is 1.21 bits per heavy atom. The molecule has 242 valence electrons. The fourth-order valence-electron chi connectivity index (χ4n) is 7.30. The van der Waals surface area contributed by atoms with Gasteiger partial charge in [0.25, 0.3) is 0 Å². The van der Waals surface area contributed by atoms with E-state index in [0.717, 1.165) is 64.6 Å². The molecule has 0 aliphatic heterocycles. The van der Waals surface area contributed by atoms with Crippen LogP contribution >= 0.6 is 0 Å². The van der Waals surface area contributed by atoms with Gasteiger partial charge in [0, 0.05) is 70.7 Å². The molecule has 7 rings (SSSR count). The smallest absolute Gasteiger partial charge is 0.169 e. The molecule has 0 aliphatic carbocycles. The monoisotopic (exact) mass is 642 g/mol. The summed E-state index contributed by atoms with van der Waals surface area (Å²) in [6.45, 7) is 0. The van der Waals surface area contributed by atoms with Crippen LogP contribution < -0.4 is 37.9 Å². The molecular weight excluding hydrogens is 608 g/mol. The summed E-state index contributed by atoms with van der Waals surface area (Å²) in [6, 6.07) is 17.7. The van der Waals surface area contributed by atoms with E-state index in [1.165, 1.54) is 0 Å². The molecule has 0 fully saturated rings. The lowest BCUT2D eigenvalue weighted by molar-refractivity contribution is 0.362. The number of hydrogen-bond donors (Lipinski definition) is 0. The largest absolute Gasteiger partial charge is 0.496 e. The Kier molecular flexibility index (Phi) is 7.48. The van der Waals surface area contributed by atoms with Gasteiger partial charge in [0.15, 0.2) is 11.5 Å². The van der Waals surface area contributed by atoms with Crippen LogP contribution in [0.5, 0.6) is 46.0 Å². The highest BCUT2D eigenvalue weighted by molar-refractivity contribution is 6.39. The topological polar surface area (TPSA) is 73.8 Å². The lowest BCUT2D eigenvalue weighted by Crippen LogP contribution is -1.99. The predicted octanol–water partition coefficient (Wildman–Crippen LogP) is 8.66. The number of ether oxygens (including phenoxy) is 8. The molecule has 8 heteroatoms. The van der Waals surface area contributed by atoms with Crippen molar-refractivity contribution in [3.63, 3.8) is 0 Å². The zero-order chi connectivity index (χ0) is 33.9. The van der Waals surface area contributed by atoms with E-state index < -0.39 is 0 Å². The van der Waals surface area contributed by atoms with E-state index in [4.69, 9.17) is 44.3 Å². The third-order valence-corrected chi connectivity index (χ3v) is 9.25. The first kappa shape index (κ1) is 30.7. The summed E-state index contributed by atoms with van der Waals surface area (Å²) in [7, 11) is 13.2. The standard InChI is InChI=1S/C40H34O8/c1-10-20-17-29(43-4)26-19-31(45-6)22-12-14-24-36(34(22)37(26)38(20)46-7)35-23(39(47-8)40(24)48-9)13-11-21-30(44-5)18-25-27(41-2)15-16-28(42-3)32(25)33(21)35/h1,11-19H,2-9H3. The van der Waals surface area contributed by atoms with E-state index >= 15 is 0 Å². The summed E-state index contributed by atoms with van der Waals surface area (Å²) in [5.74, 6) is 7.76. The zero-order valence-corrected chi connectivity index (χ0v) is 28.0. The molecule has 48 heavy (non-hydrogen) atoms. The SMILES string of the molecule is C#Cc1cc(OC)c2cc(OC)c3ccc4c(OC)c(OC)c5ccc6c(OC)cc7c(OC)ccc(OC)c7c6c5c4c3c2c1OC. The molecule has 0 N–H and O–H groups in total. The van der Waals surface area contributed by atoms with Crippen molar-refractivity contribution in [3.05, 3.63) is 60.2 Å². The van der Waals surface area contributed by atoms with Crippen molar-refractivity contribution in [2.45, 2.75) is 0 Å². The van der Waals surface area contributed by atoms with Gasteiger partial charge in [-0.15, -0.1) is 6.42 Å². The lowest BCUT2D eigenvalue weighted by Gasteiger charge is -2.22. The van der Waals surface area contributed by atoms with Gasteiger partial charge in [-0.25, -0.2) is 0 Å². The summed E-state index contributed by atoms with van der Waals surface area (Å²) in [6.07, 6.45) is 6.07. The van der Waals surface area contributed by atoms with Crippen LogP contribution in [0.2, 0.25) is 0 Å². The first-order valence-electron chi connectivity index (χ1n) is 15.2. The van der Waals surface area contributed by atoms with Gasteiger partial charge in [-0.2, -0.15) is 0 Å². The Morgan fingerprint density at radius 1 is 0.354 bits per heavy atom. The molecule has 0 atom stereocenters. The third-order valence-electron chi connectivity index (χ3n) is 9.25. The number of hydrogen-bond acceptors (Lipinski definition) is 8. The van der Waals surface area contributed by atoms with Gasteiger partial charge in [-0.05, 0) is 48.5 Å². The number of rotatable bonds is 8. The summed E-state index contributed by atoms with van der Waals surface area (Å²) < 4.78 is 48.3. The Bertz CT molecular complexity index is 2510. The summed E-state index contributed by atoms with van der Waals surface area (Å²) >= 11 is 0. The second-order valence-corrected chi connectivity index (χ2v) is 11.2. The molecule has 0 aromatic heterocycles. The first-order chi connectivity index (χ1) is 23.4. The number of fused-ring (bicyclic) bond motifs is 11. The highest BCUT2D eigenvalue weighted by atomic mass is 16.5. The lowest BCUT2D eigenvalue weighted by atomic mass is 9.86. The molecule has 0 amide bonds. The van der Waals surface area contributed by atoms with Gasteiger partial charge in [0.1, 0.15) is 34.5 Å². The minimum absolute atomic E-state index is 0.540. The van der Waals surface area contributed by atoms with Gasteiger partial charge in [0.05, 0.1) is 62.4 Å². The molecule has 0 heterocycles. The predicted molar refractivity (Wildman–Crippen MR) is 192 cm³/mol. The average Bonchev–Trinajstić information content (AvgIpc) is 3.14. The molecule has 7 aromatic rings. The number of benzene rings is 7. The van der Waals surface area contributed by atoms with Crippen LogP contribution in [0, 0.1) is 12.3 Å². The van der Waals surface area contributed by atoms with Crippen LogP contribution in [0.3, 0.4) is 0 Å². The van der Waals surface area contributed by atoms with Crippen molar-refractivity contribution >= 4 is 64.6 Å². The van der Waals surface area contributed by atoms with Crippen molar-refractivity contribution in [2.75, 3.05) is 56.9 Å². The van der Waals surface area contributed by atoms with Gasteiger partial charge < -0.3 is 37.9 Å². The summed E-state index contributed by atoms with van der Waals surface area (Å²) in [5.41, 5.74) is 0.554. The van der Waals surface area contributed by atoms with Crippen LogP contribution in [-0.4, -0.2) is 56.9 Å². The highest BCUT2D eigenvalue weighted by Gasteiger charge is 2.27. The van der Waals surface area contributed by atoms with E-state index in [1.54, 1.807) is 56.9 Å². The van der Waals surface area contributed by atoms with E-state index in [9.17, 15) is 0 Å². The minimum Gasteiger partial charge on any atom is -0.496 e. The zero-order valence-electron chi connectivity index (χ0n) is 28.0. The van der Waals surface area contributed by atoms with Crippen molar-refractivity contribution in [1.29, 1.82) is 0 Å². The van der Waals surface area contributed by atoms with Gasteiger partial charge in [-0.1, -0.05) is 5.92 Å². The molecule has 8 nitrogen and oxygen atoms in total. The number of methoxy groups -OCH3 is 8. The molecule has 0 saturated heterocycles. The molecule has 0 unspecified atom stereocenters. The fourth-order valence-corrected chi connectivity index (χ4v) is 7.30. The first-order valence-corrected chi connectivity index (χ1v) is 15.2. The van der Waals surface area contributed by atoms with Crippen molar-refractivity contribution < 1.29 is 37.9 Å². The van der Waals surface area contributed by atoms with Crippen LogP contribution in [0.25, 0.3) is 64.6 Å². The Hall–Kier alpha value is -5.94. The maximum Gasteiger partial charge on any atom is 0.169 e. The summed E-state index contributed by atoms with van der Waals surface area (Å²) in [4.78, 5) is 0. The van der Waals surface area contributed by atoms with Crippen LogP contribution in [0.1, 0.15) is 5.56 Å². The summed E-state index contributed by atoms with van der Waals surface area (Å²) in [5, 5.41) is 10.0. The second-order valence-electron chi connectivity index (χ2n) is 11.2.